The predicted molar refractivity (Wildman–Crippen MR) is 111 cm³/mol. The van der Waals surface area contributed by atoms with Crippen molar-refractivity contribution in [3.8, 4) is 17.6 Å². The first-order valence-corrected chi connectivity index (χ1v) is 10.2. The average molecular weight is 416 g/mol. The number of carbonyl (C=O) groups is 2. The number of anilines is 1. The highest BCUT2D eigenvalue weighted by atomic mass is 32.1. The molecule has 8 heteroatoms. The second-order valence-corrected chi connectivity index (χ2v) is 6.99. The molecule has 0 spiro atoms. The maximum Gasteiger partial charge on any atom is 0.348 e. The third-order valence-electron chi connectivity index (χ3n) is 3.93. The molecule has 2 aromatic rings. The van der Waals surface area contributed by atoms with Gasteiger partial charge in [0.25, 0.3) is 0 Å². The summed E-state index contributed by atoms with van der Waals surface area (Å²) in [6.07, 6.45) is 0.705. The van der Waals surface area contributed by atoms with Crippen molar-refractivity contribution in [2.75, 3.05) is 25.1 Å². The lowest BCUT2D eigenvalue weighted by molar-refractivity contribution is -0.116. The molecule has 2 rings (SSSR count). The number of ether oxygens (including phenoxy) is 3. The molecule has 1 aromatic heterocycles. The number of nitriles is 1. The van der Waals surface area contributed by atoms with Crippen molar-refractivity contribution in [3.05, 3.63) is 40.3 Å². The Morgan fingerprint density at radius 3 is 2.45 bits per heavy atom. The van der Waals surface area contributed by atoms with Crippen LogP contribution in [0.25, 0.3) is 0 Å². The first-order chi connectivity index (χ1) is 14.0. The lowest BCUT2D eigenvalue weighted by atomic mass is 10.1. The monoisotopic (exact) mass is 416 g/mol. The zero-order chi connectivity index (χ0) is 21.2. The minimum absolute atomic E-state index is 0.216. The molecular formula is C21H24N2O5S. The Kier molecular flexibility index (Phi) is 8.49. The molecule has 1 amide bonds. The van der Waals surface area contributed by atoms with Gasteiger partial charge >= 0.3 is 5.97 Å². The van der Waals surface area contributed by atoms with Crippen molar-refractivity contribution in [2.24, 2.45) is 0 Å². The fourth-order valence-corrected chi connectivity index (χ4v) is 3.64. The maximum atomic E-state index is 12.3. The van der Waals surface area contributed by atoms with E-state index in [1.165, 1.54) is 0 Å². The van der Waals surface area contributed by atoms with Gasteiger partial charge in [0, 0.05) is 6.42 Å². The van der Waals surface area contributed by atoms with Gasteiger partial charge < -0.3 is 19.5 Å². The molecule has 7 nitrogen and oxygen atoms in total. The van der Waals surface area contributed by atoms with E-state index in [1.807, 2.05) is 37.3 Å². The van der Waals surface area contributed by atoms with Gasteiger partial charge in [0.2, 0.25) is 5.91 Å². The molecule has 0 aliphatic rings. The summed E-state index contributed by atoms with van der Waals surface area (Å²) in [4.78, 5) is 24.6. The summed E-state index contributed by atoms with van der Waals surface area (Å²) >= 11 is 1.05. The van der Waals surface area contributed by atoms with E-state index in [4.69, 9.17) is 14.2 Å². The molecule has 0 saturated carbocycles. The fraction of sp³-hybridized carbons (Fsp3) is 0.381. The number of rotatable bonds is 10. The first kappa shape index (κ1) is 22.2. The minimum atomic E-state index is -0.492. The van der Waals surface area contributed by atoms with Crippen LogP contribution in [0.5, 0.6) is 11.5 Å². The lowest BCUT2D eigenvalue weighted by Crippen LogP contribution is -2.12. The van der Waals surface area contributed by atoms with E-state index < -0.39 is 5.97 Å². The smallest absolute Gasteiger partial charge is 0.348 e. The normalized spacial score (nSPS) is 10.1. The highest BCUT2D eigenvalue weighted by Crippen LogP contribution is 2.33. The number of hydrogen-bond acceptors (Lipinski definition) is 7. The van der Waals surface area contributed by atoms with Crippen LogP contribution in [0.2, 0.25) is 0 Å². The third kappa shape index (κ3) is 5.96. The lowest BCUT2D eigenvalue weighted by Gasteiger charge is -2.11. The Morgan fingerprint density at radius 1 is 1.14 bits per heavy atom. The van der Waals surface area contributed by atoms with E-state index in [-0.39, 0.29) is 24.5 Å². The van der Waals surface area contributed by atoms with E-state index in [0.717, 1.165) is 11.3 Å². The fourth-order valence-electron chi connectivity index (χ4n) is 2.58. The van der Waals surface area contributed by atoms with Crippen LogP contribution in [-0.4, -0.2) is 31.7 Å². The molecule has 0 aliphatic heterocycles. The number of amides is 1. The molecule has 1 N–H and O–H groups in total. The molecule has 1 aromatic carbocycles. The molecule has 0 atom stereocenters. The third-order valence-corrected chi connectivity index (χ3v) is 5.11. The second kappa shape index (κ2) is 11.1. The van der Waals surface area contributed by atoms with Crippen molar-refractivity contribution in [2.45, 2.75) is 33.6 Å². The Balaban J connectivity index is 1.91. The van der Waals surface area contributed by atoms with E-state index in [2.05, 4.69) is 5.32 Å². The van der Waals surface area contributed by atoms with E-state index in [1.54, 1.807) is 13.8 Å². The van der Waals surface area contributed by atoms with Gasteiger partial charge in [-0.15, -0.1) is 11.3 Å². The predicted octanol–water partition coefficient (Wildman–Crippen LogP) is 4.30. The largest absolute Gasteiger partial charge is 0.490 e. The minimum Gasteiger partial charge on any atom is -0.490 e. The molecular weight excluding hydrogens is 392 g/mol. The van der Waals surface area contributed by atoms with Crippen molar-refractivity contribution in [1.29, 1.82) is 5.26 Å². The summed E-state index contributed by atoms with van der Waals surface area (Å²) in [5.41, 5.74) is 0.801. The van der Waals surface area contributed by atoms with E-state index >= 15 is 0 Å². The van der Waals surface area contributed by atoms with Crippen molar-refractivity contribution < 1.29 is 23.8 Å². The second-order valence-electron chi connectivity index (χ2n) is 5.97. The van der Waals surface area contributed by atoms with Crippen LogP contribution in [-0.2, 0) is 9.53 Å². The Labute approximate surface area is 174 Å². The SMILES string of the molecule is CCOC(=O)c1sc(NC(=O)CCCOc2ccccc2OCC)c(C#N)c1C. The summed E-state index contributed by atoms with van der Waals surface area (Å²) in [5.74, 6) is 0.557. The summed E-state index contributed by atoms with van der Waals surface area (Å²) < 4.78 is 16.2. The number of benzene rings is 1. The molecule has 29 heavy (non-hydrogen) atoms. The van der Waals surface area contributed by atoms with E-state index in [0.29, 0.717) is 46.6 Å². The number of para-hydroxylation sites is 2. The number of hydrogen-bond donors (Lipinski definition) is 1. The highest BCUT2D eigenvalue weighted by molar-refractivity contribution is 7.18. The van der Waals surface area contributed by atoms with Crippen LogP contribution in [0.4, 0.5) is 5.00 Å². The molecule has 0 fully saturated rings. The summed E-state index contributed by atoms with van der Waals surface area (Å²) in [6, 6.07) is 9.41. The summed E-state index contributed by atoms with van der Waals surface area (Å²) in [7, 11) is 0. The van der Waals surface area contributed by atoms with Gasteiger partial charge in [-0.1, -0.05) is 12.1 Å². The van der Waals surface area contributed by atoms with Crippen molar-refractivity contribution in [3.63, 3.8) is 0 Å². The molecule has 0 aliphatic carbocycles. The van der Waals surface area contributed by atoms with Crippen LogP contribution < -0.4 is 14.8 Å². The van der Waals surface area contributed by atoms with Crippen molar-refractivity contribution in [1.82, 2.24) is 0 Å². The Morgan fingerprint density at radius 2 is 1.83 bits per heavy atom. The molecule has 0 unspecified atom stereocenters. The molecule has 0 radical (unpaired) electrons. The van der Waals surface area contributed by atoms with Gasteiger partial charge in [0.05, 0.1) is 25.4 Å². The zero-order valence-electron chi connectivity index (χ0n) is 16.7. The standard InChI is InChI=1S/C21H24N2O5S/c1-4-26-16-9-6-7-10-17(16)28-12-8-11-18(24)23-20-15(13-22)14(3)19(29-20)21(25)27-5-2/h6-7,9-10H,4-5,8,11-12H2,1-3H3,(H,23,24). The van der Waals surface area contributed by atoms with Crippen LogP contribution in [0.15, 0.2) is 24.3 Å². The van der Waals surface area contributed by atoms with Crippen LogP contribution in [0, 0.1) is 18.3 Å². The number of thiophene rings is 1. The molecule has 0 saturated heterocycles. The van der Waals surface area contributed by atoms with Crippen molar-refractivity contribution >= 4 is 28.2 Å². The maximum absolute atomic E-state index is 12.3. The number of esters is 1. The number of nitrogens with one attached hydrogen (secondary N) is 1. The van der Waals surface area contributed by atoms with Gasteiger partial charge in [0.15, 0.2) is 11.5 Å². The zero-order valence-corrected chi connectivity index (χ0v) is 17.6. The Hall–Kier alpha value is -3.05. The molecule has 1 heterocycles. The molecule has 154 valence electrons. The average Bonchev–Trinajstić information content (AvgIpc) is 3.02. The number of nitrogens with zero attached hydrogens (tertiary/aromatic N) is 1. The van der Waals surface area contributed by atoms with Gasteiger partial charge in [-0.2, -0.15) is 5.26 Å². The summed E-state index contributed by atoms with van der Waals surface area (Å²) in [5, 5.41) is 12.4. The van der Waals surface area contributed by atoms with Gasteiger partial charge in [0.1, 0.15) is 15.9 Å². The topological polar surface area (TPSA) is 97.7 Å². The first-order valence-electron chi connectivity index (χ1n) is 9.36. The van der Waals surface area contributed by atoms with Gasteiger partial charge in [-0.05, 0) is 44.9 Å². The summed E-state index contributed by atoms with van der Waals surface area (Å²) in [6.45, 7) is 6.41. The number of carbonyl (C=O) groups excluding carboxylic acids is 2. The van der Waals surface area contributed by atoms with Crippen LogP contribution in [0.1, 0.15) is 47.5 Å². The van der Waals surface area contributed by atoms with E-state index in [9.17, 15) is 14.9 Å². The molecule has 0 bridgehead atoms. The Bertz CT molecular complexity index is 901. The quantitative estimate of drug-likeness (QED) is 0.458. The highest BCUT2D eigenvalue weighted by Gasteiger charge is 2.22. The van der Waals surface area contributed by atoms with Gasteiger partial charge in [-0.3, -0.25) is 4.79 Å². The van der Waals surface area contributed by atoms with Crippen LogP contribution in [0.3, 0.4) is 0 Å². The van der Waals surface area contributed by atoms with Gasteiger partial charge in [-0.25, -0.2) is 4.79 Å². The van der Waals surface area contributed by atoms with Crippen LogP contribution >= 0.6 is 11.3 Å².